The number of hydrogen-bond acceptors (Lipinski definition) is 2. The molecule has 1 unspecified atom stereocenters. The van der Waals surface area contributed by atoms with Crippen LogP contribution >= 0.6 is 31.9 Å². The van der Waals surface area contributed by atoms with Gasteiger partial charge < -0.3 is 5.32 Å². The summed E-state index contributed by atoms with van der Waals surface area (Å²) in [6, 6.07) is 8.76. The summed E-state index contributed by atoms with van der Waals surface area (Å²) in [5.74, 6) is 0. The van der Waals surface area contributed by atoms with Gasteiger partial charge in [0, 0.05) is 10.5 Å². The number of rotatable bonds is 4. The Morgan fingerprint density at radius 1 is 1.26 bits per heavy atom. The molecule has 0 saturated carbocycles. The van der Waals surface area contributed by atoms with E-state index in [-0.39, 0.29) is 6.04 Å². The van der Waals surface area contributed by atoms with Crippen LogP contribution in [0, 0.1) is 0 Å². The van der Waals surface area contributed by atoms with Crippen LogP contribution in [0.2, 0.25) is 0 Å². The van der Waals surface area contributed by atoms with Gasteiger partial charge in [0.25, 0.3) is 0 Å². The van der Waals surface area contributed by atoms with Crippen molar-refractivity contribution < 1.29 is 0 Å². The van der Waals surface area contributed by atoms with Crippen LogP contribution < -0.4 is 5.32 Å². The molecule has 3 nitrogen and oxygen atoms in total. The average molecular weight is 387 g/mol. The van der Waals surface area contributed by atoms with Crippen LogP contribution in [0.15, 0.2) is 39.4 Å². The van der Waals surface area contributed by atoms with E-state index in [1.807, 2.05) is 30.1 Å². The first-order chi connectivity index (χ1) is 9.04. The molecule has 0 spiro atoms. The lowest BCUT2D eigenvalue weighted by Crippen LogP contribution is -2.22. The first-order valence-corrected chi connectivity index (χ1v) is 7.78. The maximum absolute atomic E-state index is 4.45. The predicted molar refractivity (Wildman–Crippen MR) is 85.4 cm³/mol. The first-order valence-electron chi connectivity index (χ1n) is 6.20. The Balaban J connectivity index is 2.51. The third kappa shape index (κ3) is 3.09. The maximum atomic E-state index is 4.45. The molecule has 0 radical (unpaired) electrons. The Morgan fingerprint density at radius 2 is 2.00 bits per heavy atom. The van der Waals surface area contributed by atoms with Gasteiger partial charge in [-0.25, -0.2) is 0 Å². The van der Waals surface area contributed by atoms with E-state index in [9.17, 15) is 0 Å². The zero-order chi connectivity index (χ0) is 14.0. The van der Waals surface area contributed by atoms with Gasteiger partial charge in [-0.3, -0.25) is 4.68 Å². The zero-order valence-electron chi connectivity index (χ0n) is 11.2. The van der Waals surface area contributed by atoms with Crippen LogP contribution in [0.3, 0.4) is 0 Å². The van der Waals surface area contributed by atoms with Gasteiger partial charge >= 0.3 is 0 Å². The molecule has 0 aliphatic rings. The predicted octanol–water partition coefficient (Wildman–Crippen LogP) is 4.30. The summed E-state index contributed by atoms with van der Waals surface area (Å²) in [4.78, 5) is 0. The van der Waals surface area contributed by atoms with E-state index in [1.165, 1.54) is 5.56 Å². The minimum Gasteiger partial charge on any atom is -0.308 e. The molecule has 0 fully saturated rings. The summed E-state index contributed by atoms with van der Waals surface area (Å²) < 4.78 is 4.16. The molecule has 0 bridgehead atoms. The van der Waals surface area contributed by atoms with Gasteiger partial charge in [-0.1, -0.05) is 28.1 Å². The SMILES string of the molecule is CNC(c1cccc(Br)c1)c1c(Br)cnn1C(C)C. The summed E-state index contributed by atoms with van der Waals surface area (Å²) in [6.45, 7) is 4.27. The molecule has 1 heterocycles. The minimum absolute atomic E-state index is 0.108. The molecule has 0 amide bonds. The molecule has 1 N–H and O–H groups in total. The van der Waals surface area contributed by atoms with Crippen molar-refractivity contribution >= 4 is 31.9 Å². The number of nitrogens with one attached hydrogen (secondary N) is 1. The fourth-order valence-electron chi connectivity index (χ4n) is 2.18. The van der Waals surface area contributed by atoms with Crippen LogP contribution in [0.4, 0.5) is 0 Å². The zero-order valence-corrected chi connectivity index (χ0v) is 14.4. The van der Waals surface area contributed by atoms with Gasteiger partial charge in [0.1, 0.15) is 0 Å². The Morgan fingerprint density at radius 3 is 2.58 bits per heavy atom. The highest BCUT2D eigenvalue weighted by Gasteiger charge is 2.21. The van der Waals surface area contributed by atoms with E-state index in [0.717, 1.165) is 14.6 Å². The molecule has 19 heavy (non-hydrogen) atoms. The van der Waals surface area contributed by atoms with Gasteiger partial charge in [0.05, 0.1) is 22.4 Å². The second-order valence-electron chi connectivity index (χ2n) is 4.69. The highest BCUT2D eigenvalue weighted by molar-refractivity contribution is 9.10. The fraction of sp³-hybridized carbons (Fsp3) is 0.357. The largest absolute Gasteiger partial charge is 0.308 e. The van der Waals surface area contributed by atoms with Crippen LogP contribution in [-0.2, 0) is 0 Å². The van der Waals surface area contributed by atoms with Gasteiger partial charge in [0.2, 0.25) is 0 Å². The molecule has 0 aliphatic heterocycles. The molecule has 1 aromatic heterocycles. The van der Waals surface area contributed by atoms with Crippen molar-refractivity contribution in [2.24, 2.45) is 0 Å². The topological polar surface area (TPSA) is 29.9 Å². The summed E-state index contributed by atoms with van der Waals surface area (Å²) in [7, 11) is 1.97. The van der Waals surface area contributed by atoms with Crippen molar-refractivity contribution in [2.45, 2.75) is 25.9 Å². The molecule has 0 aliphatic carbocycles. The summed E-state index contributed by atoms with van der Waals surface area (Å²) in [6.07, 6.45) is 1.86. The molecule has 1 aromatic carbocycles. The monoisotopic (exact) mass is 385 g/mol. The van der Waals surface area contributed by atoms with E-state index in [0.29, 0.717) is 6.04 Å². The molecule has 2 rings (SSSR count). The fourth-order valence-corrected chi connectivity index (χ4v) is 3.10. The Bertz CT molecular complexity index is 564. The number of hydrogen-bond donors (Lipinski definition) is 1. The lowest BCUT2D eigenvalue weighted by atomic mass is 10.0. The number of halogens is 2. The average Bonchev–Trinajstić information content (AvgIpc) is 2.73. The van der Waals surface area contributed by atoms with Crippen molar-refractivity contribution in [1.82, 2.24) is 15.1 Å². The minimum atomic E-state index is 0.108. The Labute approximate surface area is 130 Å². The Hall–Kier alpha value is -0.650. The molecular weight excluding hydrogens is 370 g/mol. The van der Waals surface area contributed by atoms with Crippen LogP contribution in [0.25, 0.3) is 0 Å². The normalized spacial score (nSPS) is 12.9. The van der Waals surface area contributed by atoms with Crippen molar-refractivity contribution in [3.8, 4) is 0 Å². The second-order valence-corrected chi connectivity index (χ2v) is 6.46. The van der Waals surface area contributed by atoms with E-state index in [4.69, 9.17) is 0 Å². The van der Waals surface area contributed by atoms with Crippen molar-refractivity contribution in [3.05, 3.63) is 50.7 Å². The smallest absolute Gasteiger partial charge is 0.0757 e. The highest BCUT2D eigenvalue weighted by Crippen LogP contribution is 2.31. The van der Waals surface area contributed by atoms with Crippen molar-refractivity contribution in [2.75, 3.05) is 7.05 Å². The number of aromatic nitrogens is 2. The third-order valence-electron chi connectivity index (χ3n) is 3.02. The van der Waals surface area contributed by atoms with Crippen LogP contribution in [0.1, 0.15) is 37.2 Å². The van der Waals surface area contributed by atoms with Gasteiger partial charge in [-0.15, -0.1) is 0 Å². The number of benzene rings is 1. The second kappa shape index (κ2) is 6.20. The quantitative estimate of drug-likeness (QED) is 0.848. The molecule has 2 aromatic rings. The van der Waals surface area contributed by atoms with E-state index in [1.54, 1.807) is 0 Å². The first kappa shape index (κ1) is 14.8. The molecular formula is C14H17Br2N3. The highest BCUT2D eigenvalue weighted by atomic mass is 79.9. The van der Waals surface area contributed by atoms with E-state index >= 15 is 0 Å². The maximum Gasteiger partial charge on any atom is 0.0757 e. The summed E-state index contributed by atoms with van der Waals surface area (Å²) in [5.41, 5.74) is 2.36. The lowest BCUT2D eigenvalue weighted by molar-refractivity contribution is 0.483. The van der Waals surface area contributed by atoms with Crippen molar-refractivity contribution in [1.29, 1.82) is 0 Å². The summed E-state index contributed by atoms with van der Waals surface area (Å²) in [5, 5.41) is 7.82. The van der Waals surface area contributed by atoms with E-state index < -0.39 is 0 Å². The van der Waals surface area contributed by atoms with Gasteiger partial charge in [-0.2, -0.15) is 5.10 Å². The van der Waals surface area contributed by atoms with Crippen LogP contribution in [-0.4, -0.2) is 16.8 Å². The molecule has 102 valence electrons. The molecule has 1 atom stereocenters. The van der Waals surface area contributed by atoms with Gasteiger partial charge in [0.15, 0.2) is 0 Å². The summed E-state index contributed by atoms with van der Waals surface area (Å²) >= 11 is 7.13. The van der Waals surface area contributed by atoms with E-state index in [2.05, 4.69) is 68.3 Å². The number of nitrogens with zero attached hydrogens (tertiary/aromatic N) is 2. The Kier molecular flexibility index (Phi) is 4.81. The lowest BCUT2D eigenvalue weighted by Gasteiger charge is -2.21. The standard InChI is InChI=1S/C14H17Br2N3/c1-9(2)19-14(12(16)8-18-19)13(17-3)10-5-4-6-11(15)7-10/h4-9,13,17H,1-3H3. The molecule has 5 heteroatoms. The van der Waals surface area contributed by atoms with Crippen LogP contribution in [0.5, 0.6) is 0 Å². The van der Waals surface area contributed by atoms with Gasteiger partial charge in [-0.05, 0) is 54.5 Å². The third-order valence-corrected chi connectivity index (χ3v) is 4.12. The molecule has 0 saturated heterocycles. The van der Waals surface area contributed by atoms with Crippen molar-refractivity contribution in [3.63, 3.8) is 0 Å².